The van der Waals surface area contributed by atoms with Gasteiger partial charge in [-0.3, -0.25) is 14.5 Å². The van der Waals surface area contributed by atoms with E-state index in [0.717, 1.165) is 61.7 Å². The molecule has 2 atom stereocenters. The fourth-order valence-electron chi connectivity index (χ4n) is 6.00. The predicted molar refractivity (Wildman–Crippen MR) is 135 cm³/mol. The molecule has 6 nitrogen and oxygen atoms in total. The number of carbonyl (C=O) groups is 1. The number of nitrogens with zero attached hydrogens (tertiary/aromatic N) is 3. The van der Waals surface area contributed by atoms with E-state index in [1.165, 1.54) is 5.56 Å². The smallest absolute Gasteiger partial charge is 0.258 e. The van der Waals surface area contributed by atoms with Crippen LogP contribution in [-0.2, 0) is 17.8 Å². The second kappa shape index (κ2) is 9.44. The fourth-order valence-corrected chi connectivity index (χ4v) is 6.00. The van der Waals surface area contributed by atoms with Crippen LogP contribution in [0.1, 0.15) is 34.0 Å². The topological polar surface area (TPSA) is 54.8 Å². The summed E-state index contributed by atoms with van der Waals surface area (Å²) in [6.45, 7) is 6.21. The Kier molecular flexibility index (Phi) is 6.00. The number of rotatable bonds is 4. The van der Waals surface area contributed by atoms with E-state index in [1.54, 1.807) is 0 Å². The number of pyridine rings is 1. The fraction of sp³-hybridized carbons (Fsp3) is 0.379. The molecule has 0 spiro atoms. The molecule has 6 heteroatoms. The van der Waals surface area contributed by atoms with Gasteiger partial charge in [-0.1, -0.05) is 42.5 Å². The number of hydrogen-bond donors (Lipinski definition) is 0. The van der Waals surface area contributed by atoms with Gasteiger partial charge in [0, 0.05) is 62.0 Å². The first-order valence-corrected chi connectivity index (χ1v) is 12.6. The van der Waals surface area contributed by atoms with E-state index >= 15 is 0 Å². The molecule has 180 valence electrons. The summed E-state index contributed by atoms with van der Waals surface area (Å²) in [5.41, 5.74) is 4.87. The quantitative estimate of drug-likeness (QED) is 0.586. The van der Waals surface area contributed by atoms with Crippen molar-refractivity contribution >= 4 is 5.91 Å². The Morgan fingerprint density at radius 3 is 2.46 bits per heavy atom. The van der Waals surface area contributed by atoms with Gasteiger partial charge in [-0.2, -0.15) is 0 Å². The molecule has 0 N–H and O–H groups in total. The summed E-state index contributed by atoms with van der Waals surface area (Å²) in [4.78, 5) is 31.2. The maximum atomic E-state index is 13.8. The third kappa shape index (κ3) is 4.32. The monoisotopic (exact) mass is 469 g/mol. The van der Waals surface area contributed by atoms with Gasteiger partial charge in [0.05, 0.1) is 13.2 Å². The Bertz CT molecular complexity index is 1280. The number of carbonyl (C=O) groups excluding carboxylic acids is 1. The minimum Gasteiger partial charge on any atom is -0.379 e. The lowest BCUT2D eigenvalue weighted by Crippen LogP contribution is -2.49. The summed E-state index contributed by atoms with van der Waals surface area (Å²) < 4.78 is 7.49. The van der Waals surface area contributed by atoms with Crippen LogP contribution in [0.5, 0.6) is 0 Å². The van der Waals surface area contributed by atoms with E-state index in [-0.39, 0.29) is 17.4 Å². The van der Waals surface area contributed by atoms with E-state index in [9.17, 15) is 9.59 Å². The molecule has 0 radical (unpaired) electrons. The van der Waals surface area contributed by atoms with Gasteiger partial charge in [-0.05, 0) is 47.7 Å². The summed E-state index contributed by atoms with van der Waals surface area (Å²) in [6.07, 6.45) is 1.03. The van der Waals surface area contributed by atoms with Gasteiger partial charge in [-0.25, -0.2) is 0 Å². The zero-order valence-electron chi connectivity index (χ0n) is 19.9. The van der Waals surface area contributed by atoms with Crippen molar-refractivity contribution in [3.63, 3.8) is 0 Å². The third-order valence-electron chi connectivity index (χ3n) is 7.72. The molecule has 3 aliphatic heterocycles. The van der Waals surface area contributed by atoms with Crippen LogP contribution in [0.15, 0.2) is 71.5 Å². The van der Waals surface area contributed by atoms with Gasteiger partial charge in [-0.15, -0.1) is 0 Å². The van der Waals surface area contributed by atoms with Gasteiger partial charge in [0.15, 0.2) is 0 Å². The van der Waals surface area contributed by atoms with Crippen LogP contribution >= 0.6 is 0 Å². The second-order valence-corrected chi connectivity index (χ2v) is 10.0. The number of fused-ring (bicyclic) bond motifs is 4. The molecular formula is C29H31N3O3. The SMILES string of the molecule is O=C(c1ccccc1)N1CC2CC(C1)c1ccc(-c3ccccc3CN3CCOCC3)c(=O)n1C2. The van der Waals surface area contributed by atoms with E-state index in [0.29, 0.717) is 25.6 Å². The minimum absolute atomic E-state index is 0.0877. The van der Waals surface area contributed by atoms with Gasteiger partial charge in [0.1, 0.15) is 0 Å². The molecule has 2 aromatic carbocycles. The molecule has 3 aromatic rings. The van der Waals surface area contributed by atoms with E-state index in [1.807, 2.05) is 51.9 Å². The molecule has 2 bridgehead atoms. The number of benzene rings is 2. The molecule has 2 saturated heterocycles. The first-order chi connectivity index (χ1) is 17.2. The van der Waals surface area contributed by atoms with E-state index in [2.05, 4.69) is 29.2 Å². The largest absolute Gasteiger partial charge is 0.379 e. The highest BCUT2D eigenvalue weighted by molar-refractivity contribution is 5.94. The van der Waals surface area contributed by atoms with E-state index in [4.69, 9.17) is 4.74 Å². The van der Waals surface area contributed by atoms with Crippen molar-refractivity contribution in [2.75, 3.05) is 39.4 Å². The summed E-state index contributed by atoms with van der Waals surface area (Å²) in [5.74, 6) is 0.579. The lowest BCUT2D eigenvalue weighted by molar-refractivity contribution is 0.0342. The Morgan fingerprint density at radius 1 is 0.857 bits per heavy atom. The molecule has 2 unspecified atom stereocenters. The van der Waals surface area contributed by atoms with Gasteiger partial charge in [0.2, 0.25) is 0 Å². The Hall–Kier alpha value is -3.22. The number of aromatic nitrogens is 1. The van der Waals surface area contributed by atoms with Crippen molar-refractivity contribution in [2.24, 2.45) is 5.92 Å². The normalized spacial score (nSPS) is 22.0. The minimum atomic E-state index is 0.0877. The first-order valence-electron chi connectivity index (χ1n) is 12.6. The number of ether oxygens (including phenoxy) is 1. The van der Waals surface area contributed by atoms with Gasteiger partial charge >= 0.3 is 0 Å². The molecule has 2 fully saturated rings. The Labute approximate surface area is 205 Å². The lowest BCUT2D eigenvalue weighted by atomic mass is 9.82. The maximum Gasteiger partial charge on any atom is 0.258 e. The zero-order valence-corrected chi connectivity index (χ0v) is 19.9. The van der Waals surface area contributed by atoms with Crippen molar-refractivity contribution in [3.8, 4) is 11.1 Å². The van der Waals surface area contributed by atoms with Crippen molar-refractivity contribution in [1.82, 2.24) is 14.4 Å². The maximum absolute atomic E-state index is 13.8. The molecule has 0 saturated carbocycles. The average molecular weight is 470 g/mol. The second-order valence-electron chi connectivity index (χ2n) is 10.0. The molecule has 3 aliphatic rings. The number of amides is 1. The Morgan fingerprint density at radius 2 is 1.63 bits per heavy atom. The number of morpholine rings is 1. The molecule has 6 rings (SSSR count). The lowest BCUT2D eigenvalue weighted by Gasteiger charge is -2.43. The predicted octanol–water partition coefficient (Wildman–Crippen LogP) is 3.61. The van der Waals surface area contributed by atoms with Crippen molar-refractivity contribution in [3.05, 3.63) is 93.9 Å². The molecule has 0 aliphatic carbocycles. The highest BCUT2D eigenvalue weighted by Crippen LogP contribution is 2.36. The van der Waals surface area contributed by atoms with Crippen molar-refractivity contribution < 1.29 is 9.53 Å². The van der Waals surface area contributed by atoms with Crippen LogP contribution in [-0.4, -0.2) is 59.7 Å². The zero-order chi connectivity index (χ0) is 23.8. The number of likely N-dealkylation sites (tertiary alicyclic amines) is 1. The molecule has 1 aromatic heterocycles. The van der Waals surface area contributed by atoms with Gasteiger partial charge < -0.3 is 14.2 Å². The van der Waals surface area contributed by atoms with Crippen LogP contribution in [0.3, 0.4) is 0 Å². The van der Waals surface area contributed by atoms with Crippen LogP contribution in [0.25, 0.3) is 11.1 Å². The summed E-state index contributed by atoms with van der Waals surface area (Å²) >= 11 is 0. The van der Waals surface area contributed by atoms with Crippen LogP contribution in [0.4, 0.5) is 0 Å². The first kappa shape index (κ1) is 22.3. The van der Waals surface area contributed by atoms with E-state index < -0.39 is 0 Å². The Balaban J connectivity index is 1.29. The molecule has 35 heavy (non-hydrogen) atoms. The van der Waals surface area contributed by atoms with Crippen LogP contribution in [0, 0.1) is 5.92 Å². The van der Waals surface area contributed by atoms with Gasteiger partial charge in [0.25, 0.3) is 11.5 Å². The van der Waals surface area contributed by atoms with Crippen LogP contribution < -0.4 is 5.56 Å². The number of hydrogen-bond acceptors (Lipinski definition) is 4. The molecule has 4 heterocycles. The van der Waals surface area contributed by atoms with Crippen molar-refractivity contribution in [1.29, 1.82) is 0 Å². The summed E-state index contributed by atoms with van der Waals surface area (Å²) in [5, 5.41) is 0. The summed E-state index contributed by atoms with van der Waals surface area (Å²) in [7, 11) is 0. The molecule has 1 amide bonds. The standard InChI is InChI=1S/C29H31N3O3/c33-28(22-6-2-1-3-7-22)31-17-21-16-24(20-31)27-11-10-26(29(34)32(27)18-21)25-9-5-4-8-23(25)19-30-12-14-35-15-13-30/h1-11,21,24H,12-20H2. The highest BCUT2D eigenvalue weighted by atomic mass is 16.5. The average Bonchev–Trinajstić information content (AvgIpc) is 2.90. The molecular weight excluding hydrogens is 438 g/mol. The third-order valence-corrected chi connectivity index (χ3v) is 7.72. The highest BCUT2D eigenvalue weighted by Gasteiger charge is 2.37. The number of piperidine rings is 1. The van der Waals surface area contributed by atoms with Crippen LogP contribution in [0.2, 0.25) is 0 Å². The summed E-state index contributed by atoms with van der Waals surface area (Å²) in [6, 6.07) is 21.9. The van der Waals surface area contributed by atoms with Crippen molar-refractivity contribution in [2.45, 2.75) is 25.4 Å².